The number of fused-ring (bicyclic) bond motifs is 1. The molecule has 3 aromatic rings. The van der Waals surface area contributed by atoms with Crippen molar-refractivity contribution in [2.24, 2.45) is 5.73 Å². The normalized spacial score (nSPS) is 12.2. The van der Waals surface area contributed by atoms with E-state index in [-0.39, 0.29) is 5.69 Å². The number of rotatable bonds is 8. The van der Waals surface area contributed by atoms with Crippen LogP contribution in [-0.4, -0.2) is 38.3 Å². The predicted molar refractivity (Wildman–Crippen MR) is 93.2 cm³/mol. The number of amides is 1. The molecule has 0 fully saturated rings. The molecule has 3 rings (SSSR count). The number of carbonyl (C=O) groups excluding carboxylic acids is 1. The Bertz CT molecular complexity index is 862. The molecule has 25 heavy (non-hydrogen) atoms. The number of nitrogens with zero attached hydrogens (tertiary/aromatic N) is 3. The monoisotopic (exact) mass is 340 g/mol. The van der Waals surface area contributed by atoms with Gasteiger partial charge in [-0.25, -0.2) is 4.98 Å². The second kappa shape index (κ2) is 7.76. The van der Waals surface area contributed by atoms with Crippen LogP contribution in [0.5, 0.6) is 5.75 Å². The van der Waals surface area contributed by atoms with Gasteiger partial charge in [0.25, 0.3) is 5.91 Å². The number of pyridine rings is 1. The Morgan fingerprint density at radius 3 is 3.00 bits per heavy atom. The van der Waals surface area contributed by atoms with Crippen LogP contribution in [0.2, 0.25) is 0 Å². The first-order chi connectivity index (χ1) is 12.1. The fourth-order valence-corrected chi connectivity index (χ4v) is 2.58. The van der Waals surface area contributed by atoms with Gasteiger partial charge in [0.1, 0.15) is 11.4 Å². The van der Waals surface area contributed by atoms with Crippen molar-refractivity contribution < 1.29 is 14.6 Å². The van der Waals surface area contributed by atoms with Crippen molar-refractivity contribution in [3.8, 4) is 5.75 Å². The molecule has 7 nitrogen and oxygen atoms in total. The third-order valence-corrected chi connectivity index (χ3v) is 3.87. The minimum Gasteiger partial charge on any atom is -0.494 e. The molecule has 0 aliphatic carbocycles. The lowest BCUT2D eigenvalue weighted by Gasteiger charge is -2.12. The van der Waals surface area contributed by atoms with Crippen molar-refractivity contribution in [1.82, 2.24) is 14.5 Å². The van der Waals surface area contributed by atoms with Crippen molar-refractivity contribution in [2.75, 3.05) is 6.61 Å². The minimum atomic E-state index is -0.577. The van der Waals surface area contributed by atoms with Crippen LogP contribution >= 0.6 is 0 Å². The van der Waals surface area contributed by atoms with Gasteiger partial charge in [0.15, 0.2) is 0 Å². The van der Waals surface area contributed by atoms with Crippen molar-refractivity contribution in [3.63, 3.8) is 0 Å². The summed E-state index contributed by atoms with van der Waals surface area (Å²) in [6.45, 7) is 0.876. The van der Waals surface area contributed by atoms with Crippen LogP contribution in [0.3, 0.4) is 0 Å². The number of aromatic nitrogens is 3. The summed E-state index contributed by atoms with van der Waals surface area (Å²) in [5.74, 6) is 0.211. The fraction of sp³-hybridized carbons (Fsp3) is 0.278. The first-order valence-electron chi connectivity index (χ1n) is 8.08. The van der Waals surface area contributed by atoms with Gasteiger partial charge in [-0.05, 0) is 36.4 Å². The molecule has 0 saturated heterocycles. The SMILES string of the molecule is NC(=O)c1cn(C[C@@H](O)CCCOc2ccc3ccncc3c2)cn1. The van der Waals surface area contributed by atoms with Gasteiger partial charge >= 0.3 is 0 Å². The van der Waals surface area contributed by atoms with Crippen LogP contribution in [0.25, 0.3) is 10.8 Å². The highest BCUT2D eigenvalue weighted by Crippen LogP contribution is 2.20. The zero-order valence-electron chi connectivity index (χ0n) is 13.7. The molecular weight excluding hydrogens is 320 g/mol. The Morgan fingerprint density at radius 2 is 2.20 bits per heavy atom. The minimum absolute atomic E-state index is 0.196. The number of hydrogen-bond acceptors (Lipinski definition) is 5. The van der Waals surface area contributed by atoms with Gasteiger partial charge in [-0.3, -0.25) is 9.78 Å². The third-order valence-electron chi connectivity index (χ3n) is 3.87. The first-order valence-corrected chi connectivity index (χ1v) is 8.08. The molecule has 0 saturated carbocycles. The summed E-state index contributed by atoms with van der Waals surface area (Å²) in [6, 6.07) is 7.83. The number of nitrogens with two attached hydrogens (primary N) is 1. The van der Waals surface area contributed by atoms with Crippen molar-refractivity contribution in [2.45, 2.75) is 25.5 Å². The smallest absolute Gasteiger partial charge is 0.268 e. The number of aliphatic hydroxyl groups excluding tert-OH is 1. The lowest BCUT2D eigenvalue weighted by molar-refractivity contribution is 0.0995. The number of ether oxygens (including phenoxy) is 1. The van der Waals surface area contributed by atoms with Crippen LogP contribution < -0.4 is 10.5 Å². The van der Waals surface area contributed by atoms with Crippen LogP contribution in [0.4, 0.5) is 0 Å². The Labute approximate surface area is 145 Å². The predicted octanol–water partition coefficient (Wildman–Crippen LogP) is 1.75. The van der Waals surface area contributed by atoms with E-state index in [1.165, 1.54) is 12.5 Å². The molecule has 1 amide bonds. The number of aliphatic hydroxyl groups is 1. The molecule has 0 aliphatic heterocycles. The van der Waals surface area contributed by atoms with E-state index in [0.717, 1.165) is 16.5 Å². The van der Waals surface area contributed by atoms with Crippen molar-refractivity contribution in [3.05, 3.63) is 54.9 Å². The van der Waals surface area contributed by atoms with Gasteiger partial charge in [-0.1, -0.05) is 6.07 Å². The van der Waals surface area contributed by atoms with Gasteiger partial charge in [-0.15, -0.1) is 0 Å². The molecule has 3 N–H and O–H groups in total. The van der Waals surface area contributed by atoms with E-state index in [9.17, 15) is 9.90 Å². The topological polar surface area (TPSA) is 103 Å². The van der Waals surface area contributed by atoms with E-state index in [0.29, 0.717) is 26.0 Å². The van der Waals surface area contributed by atoms with Crippen LogP contribution in [0, 0.1) is 0 Å². The molecule has 0 aliphatic rings. The molecule has 130 valence electrons. The molecular formula is C18H20N4O3. The maximum atomic E-state index is 11.0. The van der Waals surface area contributed by atoms with Gasteiger partial charge in [0.2, 0.25) is 0 Å². The van der Waals surface area contributed by atoms with E-state index in [2.05, 4.69) is 9.97 Å². The lowest BCUT2D eigenvalue weighted by atomic mass is 10.2. The molecule has 7 heteroatoms. The Balaban J connectivity index is 1.43. The Morgan fingerprint density at radius 1 is 1.32 bits per heavy atom. The summed E-state index contributed by atoms with van der Waals surface area (Å²) >= 11 is 0. The highest BCUT2D eigenvalue weighted by atomic mass is 16.5. The molecule has 2 heterocycles. The van der Waals surface area contributed by atoms with E-state index in [1.54, 1.807) is 17.0 Å². The molecule has 0 radical (unpaired) electrons. The summed E-state index contributed by atoms with van der Waals surface area (Å²) in [5, 5.41) is 12.2. The van der Waals surface area contributed by atoms with E-state index < -0.39 is 12.0 Å². The van der Waals surface area contributed by atoms with Gasteiger partial charge in [0, 0.05) is 30.5 Å². The highest BCUT2D eigenvalue weighted by Gasteiger charge is 2.09. The van der Waals surface area contributed by atoms with Gasteiger partial charge < -0.3 is 20.1 Å². The van der Waals surface area contributed by atoms with E-state index >= 15 is 0 Å². The molecule has 2 aromatic heterocycles. The fourth-order valence-electron chi connectivity index (χ4n) is 2.58. The quantitative estimate of drug-likeness (QED) is 0.608. The number of carbonyl (C=O) groups is 1. The summed E-state index contributed by atoms with van der Waals surface area (Å²) in [4.78, 5) is 19.0. The van der Waals surface area contributed by atoms with Gasteiger partial charge in [-0.2, -0.15) is 0 Å². The summed E-state index contributed by atoms with van der Waals surface area (Å²) in [5.41, 5.74) is 5.34. The maximum Gasteiger partial charge on any atom is 0.268 e. The highest BCUT2D eigenvalue weighted by molar-refractivity contribution is 5.90. The Hall–Kier alpha value is -2.93. The maximum absolute atomic E-state index is 11.0. The zero-order valence-corrected chi connectivity index (χ0v) is 13.7. The molecule has 0 unspecified atom stereocenters. The number of benzene rings is 1. The van der Waals surface area contributed by atoms with Crippen molar-refractivity contribution >= 4 is 16.7 Å². The first kappa shape index (κ1) is 16.9. The van der Waals surface area contributed by atoms with E-state index in [1.807, 2.05) is 24.3 Å². The standard InChI is InChI=1S/C18H20N4O3/c19-18(24)17-11-22(12-21-17)10-15(23)2-1-7-25-16-4-3-13-5-6-20-9-14(13)8-16/h3-6,8-9,11-12,15,23H,1-2,7,10H2,(H2,19,24)/t15-/m0/s1. The second-order valence-corrected chi connectivity index (χ2v) is 5.85. The average molecular weight is 340 g/mol. The van der Waals surface area contributed by atoms with Gasteiger partial charge in [0.05, 0.1) is 19.0 Å². The summed E-state index contributed by atoms with van der Waals surface area (Å²) < 4.78 is 7.39. The zero-order chi connectivity index (χ0) is 17.6. The van der Waals surface area contributed by atoms with Crippen LogP contribution in [-0.2, 0) is 6.54 Å². The average Bonchev–Trinajstić information content (AvgIpc) is 3.07. The van der Waals surface area contributed by atoms with Crippen LogP contribution in [0.15, 0.2) is 49.2 Å². The molecule has 1 atom stereocenters. The Kier molecular flexibility index (Phi) is 5.25. The third kappa shape index (κ3) is 4.54. The largest absolute Gasteiger partial charge is 0.494 e. The molecule has 1 aromatic carbocycles. The van der Waals surface area contributed by atoms with E-state index in [4.69, 9.17) is 10.5 Å². The second-order valence-electron chi connectivity index (χ2n) is 5.85. The number of primary amides is 1. The van der Waals surface area contributed by atoms with Crippen molar-refractivity contribution in [1.29, 1.82) is 0 Å². The van der Waals surface area contributed by atoms with Crippen LogP contribution in [0.1, 0.15) is 23.3 Å². The molecule has 0 bridgehead atoms. The number of imidazole rings is 1. The summed E-state index contributed by atoms with van der Waals surface area (Å²) in [6.07, 6.45) is 7.34. The lowest BCUT2D eigenvalue weighted by Crippen LogP contribution is -2.16. The number of hydrogen-bond donors (Lipinski definition) is 2. The summed E-state index contributed by atoms with van der Waals surface area (Å²) in [7, 11) is 0. The molecule has 0 spiro atoms.